The first-order valence-corrected chi connectivity index (χ1v) is 4.81. The first-order valence-electron chi connectivity index (χ1n) is 4.81. The van der Waals surface area contributed by atoms with Gasteiger partial charge in [0.2, 0.25) is 0 Å². The highest BCUT2D eigenvalue weighted by atomic mass is 19.4. The van der Waals surface area contributed by atoms with Gasteiger partial charge in [0.1, 0.15) is 5.78 Å². The molecule has 1 aromatic carbocycles. The molecule has 0 bridgehead atoms. The topological polar surface area (TPSA) is 29.1 Å². The number of hydrogen-bond acceptors (Lipinski definition) is 2. The summed E-state index contributed by atoms with van der Waals surface area (Å²) in [6, 6.07) is 5.21. The van der Waals surface area contributed by atoms with E-state index in [2.05, 4.69) is 5.32 Å². The van der Waals surface area contributed by atoms with E-state index in [4.69, 9.17) is 0 Å². The van der Waals surface area contributed by atoms with Gasteiger partial charge in [0.15, 0.2) is 0 Å². The largest absolute Gasteiger partial charge is 0.418 e. The molecule has 0 fully saturated rings. The summed E-state index contributed by atoms with van der Waals surface area (Å²) in [6.07, 6.45) is -4.16. The minimum absolute atomic E-state index is 0.0104. The predicted molar refractivity (Wildman–Crippen MR) is 55.2 cm³/mol. The molecule has 0 aliphatic carbocycles. The molecule has 5 heteroatoms. The van der Waals surface area contributed by atoms with Crippen molar-refractivity contribution in [3.8, 4) is 0 Å². The lowest BCUT2D eigenvalue weighted by Gasteiger charge is -2.13. The standard InChI is InChI=1S/C11H12F3NO/c1-8(16)6-7-15-10-5-3-2-4-9(10)11(12,13)14/h2-5,15H,6-7H2,1H3. The van der Waals surface area contributed by atoms with Gasteiger partial charge in [-0.1, -0.05) is 12.1 Å². The zero-order chi connectivity index (χ0) is 12.2. The third-order valence-electron chi connectivity index (χ3n) is 2.02. The molecule has 1 rings (SSSR count). The van der Waals surface area contributed by atoms with Gasteiger partial charge in [-0.25, -0.2) is 0 Å². The Bertz CT molecular complexity index is 374. The Morgan fingerprint density at radius 2 is 1.94 bits per heavy atom. The maximum absolute atomic E-state index is 12.5. The third kappa shape index (κ3) is 3.56. The Hall–Kier alpha value is -1.52. The summed E-state index contributed by atoms with van der Waals surface area (Å²) in [5.74, 6) is -0.0583. The van der Waals surface area contributed by atoms with Gasteiger partial charge in [-0.2, -0.15) is 13.2 Å². The number of nitrogens with one attached hydrogen (secondary N) is 1. The number of anilines is 1. The smallest absolute Gasteiger partial charge is 0.384 e. The van der Waals surface area contributed by atoms with Gasteiger partial charge in [0.25, 0.3) is 0 Å². The van der Waals surface area contributed by atoms with Crippen LogP contribution in [0, 0.1) is 0 Å². The van der Waals surface area contributed by atoms with Crippen LogP contribution in [0.25, 0.3) is 0 Å². The summed E-state index contributed by atoms with van der Waals surface area (Å²) in [6.45, 7) is 1.61. The molecule has 0 aliphatic heterocycles. The summed E-state index contributed by atoms with van der Waals surface area (Å²) in [5, 5.41) is 2.61. The van der Waals surface area contributed by atoms with Crippen LogP contribution >= 0.6 is 0 Å². The number of Topliss-reactive ketones (excluding diaryl/α,β-unsaturated/α-hetero) is 1. The molecule has 0 aromatic heterocycles. The molecule has 88 valence electrons. The van der Waals surface area contributed by atoms with Crippen molar-refractivity contribution in [1.29, 1.82) is 0 Å². The number of carbonyl (C=O) groups excluding carboxylic acids is 1. The first-order chi connectivity index (χ1) is 7.41. The monoisotopic (exact) mass is 231 g/mol. The molecule has 0 spiro atoms. The second-order valence-corrected chi connectivity index (χ2v) is 3.42. The van der Waals surface area contributed by atoms with Crippen LogP contribution in [0.5, 0.6) is 0 Å². The van der Waals surface area contributed by atoms with E-state index in [-0.39, 0.29) is 24.4 Å². The molecule has 2 nitrogen and oxygen atoms in total. The second kappa shape index (κ2) is 5.01. The van der Waals surface area contributed by atoms with Gasteiger partial charge in [0.05, 0.1) is 5.56 Å². The number of ketones is 1. The van der Waals surface area contributed by atoms with Crippen molar-refractivity contribution < 1.29 is 18.0 Å². The Kier molecular flexibility index (Phi) is 3.93. The fourth-order valence-corrected chi connectivity index (χ4v) is 1.26. The molecule has 0 atom stereocenters. The lowest BCUT2D eigenvalue weighted by molar-refractivity contribution is -0.137. The summed E-state index contributed by atoms with van der Waals surface area (Å²) < 4.78 is 37.6. The van der Waals surface area contributed by atoms with E-state index in [1.807, 2.05) is 0 Å². The van der Waals surface area contributed by atoms with Crippen LogP contribution < -0.4 is 5.32 Å². The molecular formula is C11H12F3NO. The Morgan fingerprint density at radius 1 is 1.31 bits per heavy atom. The van der Waals surface area contributed by atoms with Crippen molar-refractivity contribution in [2.24, 2.45) is 0 Å². The minimum atomic E-state index is -4.38. The Labute approximate surface area is 91.5 Å². The van der Waals surface area contributed by atoms with Crippen molar-refractivity contribution in [2.45, 2.75) is 19.5 Å². The SMILES string of the molecule is CC(=O)CCNc1ccccc1C(F)(F)F. The maximum Gasteiger partial charge on any atom is 0.418 e. The summed E-state index contributed by atoms with van der Waals surface area (Å²) in [7, 11) is 0. The quantitative estimate of drug-likeness (QED) is 0.862. The predicted octanol–water partition coefficient (Wildman–Crippen LogP) is 3.10. The van der Waals surface area contributed by atoms with E-state index in [1.54, 1.807) is 0 Å². The number of para-hydroxylation sites is 1. The molecule has 16 heavy (non-hydrogen) atoms. The van der Waals surface area contributed by atoms with Crippen LogP contribution in [0.15, 0.2) is 24.3 Å². The van der Waals surface area contributed by atoms with Crippen molar-refractivity contribution in [3.63, 3.8) is 0 Å². The molecule has 0 heterocycles. The average molecular weight is 231 g/mol. The van der Waals surface area contributed by atoms with E-state index in [0.29, 0.717) is 0 Å². The van der Waals surface area contributed by atoms with Crippen molar-refractivity contribution in [2.75, 3.05) is 11.9 Å². The Balaban J connectivity index is 2.76. The van der Waals surface area contributed by atoms with Crippen LogP contribution in [-0.4, -0.2) is 12.3 Å². The van der Waals surface area contributed by atoms with E-state index >= 15 is 0 Å². The van der Waals surface area contributed by atoms with Gasteiger partial charge in [-0.15, -0.1) is 0 Å². The number of hydrogen-bond donors (Lipinski definition) is 1. The molecular weight excluding hydrogens is 219 g/mol. The zero-order valence-corrected chi connectivity index (χ0v) is 8.77. The fourth-order valence-electron chi connectivity index (χ4n) is 1.26. The highest BCUT2D eigenvalue weighted by Gasteiger charge is 2.32. The number of rotatable bonds is 4. The van der Waals surface area contributed by atoms with E-state index in [1.165, 1.54) is 25.1 Å². The third-order valence-corrected chi connectivity index (χ3v) is 2.02. The molecule has 1 aromatic rings. The van der Waals surface area contributed by atoms with Crippen molar-refractivity contribution in [1.82, 2.24) is 0 Å². The number of halogens is 3. The van der Waals surface area contributed by atoms with Crippen LogP contribution in [-0.2, 0) is 11.0 Å². The molecule has 0 saturated heterocycles. The molecule has 1 N–H and O–H groups in total. The molecule has 0 saturated carbocycles. The molecule has 0 aliphatic rings. The van der Waals surface area contributed by atoms with Gasteiger partial charge < -0.3 is 5.32 Å². The van der Waals surface area contributed by atoms with Crippen LogP contribution in [0.1, 0.15) is 18.9 Å². The van der Waals surface area contributed by atoms with Crippen LogP contribution in [0.3, 0.4) is 0 Å². The van der Waals surface area contributed by atoms with Crippen molar-refractivity contribution in [3.05, 3.63) is 29.8 Å². The van der Waals surface area contributed by atoms with Gasteiger partial charge in [0, 0.05) is 18.7 Å². The first kappa shape index (κ1) is 12.5. The lowest BCUT2D eigenvalue weighted by Crippen LogP contribution is -2.12. The van der Waals surface area contributed by atoms with Crippen molar-refractivity contribution >= 4 is 11.5 Å². The number of benzene rings is 1. The van der Waals surface area contributed by atoms with Crippen LogP contribution in [0.2, 0.25) is 0 Å². The van der Waals surface area contributed by atoms with Gasteiger partial charge in [-0.05, 0) is 19.1 Å². The Morgan fingerprint density at radius 3 is 2.50 bits per heavy atom. The number of carbonyl (C=O) groups is 1. The van der Waals surface area contributed by atoms with E-state index in [9.17, 15) is 18.0 Å². The van der Waals surface area contributed by atoms with E-state index in [0.717, 1.165) is 6.07 Å². The summed E-state index contributed by atoms with van der Waals surface area (Å²) in [4.78, 5) is 10.7. The highest BCUT2D eigenvalue weighted by Crippen LogP contribution is 2.34. The molecule has 0 unspecified atom stereocenters. The van der Waals surface area contributed by atoms with E-state index < -0.39 is 11.7 Å². The number of alkyl halides is 3. The fraction of sp³-hybridized carbons (Fsp3) is 0.364. The summed E-state index contributed by atoms with van der Waals surface area (Å²) in [5.41, 5.74) is -0.699. The lowest BCUT2D eigenvalue weighted by atomic mass is 10.1. The van der Waals surface area contributed by atoms with Gasteiger partial charge >= 0.3 is 6.18 Å². The molecule has 0 radical (unpaired) electrons. The summed E-state index contributed by atoms with van der Waals surface area (Å²) >= 11 is 0. The average Bonchev–Trinajstić information content (AvgIpc) is 2.16. The highest BCUT2D eigenvalue weighted by molar-refractivity contribution is 5.76. The van der Waals surface area contributed by atoms with Crippen LogP contribution in [0.4, 0.5) is 18.9 Å². The molecule has 0 amide bonds. The van der Waals surface area contributed by atoms with Gasteiger partial charge in [-0.3, -0.25) is 4.79 Å². The zero-order valence-electron chi connectivity index (χ0n) is 8.77. The maximum atomic E-state index is 12.5. The normalized spacial score (nSPS) is 11.2. The second-order valence-electron chi connectivity index (χ2n) is 3.42. The minimum Gasteiger partial charge on any atom is -0.384 e.